The van der Waals surface area contributed by atoms with E-state index in [4.69, 9.17) is 0 Å². The summed E-state index contributed by atoms with van der Waals surface area (Å²) in [5, 5.41) is 4.91. The van der Waals surface area contributed by atoms with Crippen LogP contribution in [0, 0.1) is 5.92 Å². The van der Waals surface area contributed by atoms with Crippen molar-refractivity contribution < 1.29 is 14.4 Å². The molecule has 1 fully saturated rings. The highest BCUT2D eigenvalue weighted by Gasteiger charge is 2.71. The monoisotopic (exact) mass is 580 g/mol. The number of rotatable bonds is 4. The van der Waals surface area contributed by atoms with Crippen LogP contribution in [0.1, 0.15) is 31.2 Å². The smallest absolute Gasteiger partial charge is 0.238 e. The van der Waals surface area contributed by atoms with Crippen LogP contribution in [-0.4, -0.2) is 29.6 Å². The van der Waals surface area contributed by atoms with Gasteiger partial charge >= 0.3 is 0 Å². The first kappa shape index (κ1) is 23.3. The Morgan fingerprint density at radius 2 is 1.66 bits per heavy atom. The topological polar surface area (TPSA) is 66.5 Å². The van der Waals surface area contributed by atoms with E-state index in [0.717, 1.165) is 15.7 Å². The zero-order valence-corrected chi connectivity index (χ0v) is 22.4. The zero-order chi connectivity index (χ0) is 26.0. The summed E-state index contributed by atoms with van der Waals surface area (Å²) in [5.74, 6) is -1.44. The van der Waals surface area contributed by atoms with Crippen LogP contribution in [0.15, 0.2) is 101 Å². The molecule has 7 heteroatoms. The summed E-state index contributed by atoms with van der Waals surface area (Å²) in [5.41, 5.74) is 2.19. The lowest BCUT2D eigenvalue weighted by molar-refractivity contribution is -0.121. The maximum absolute atomic E-state index is 14.6. The van der Waals surface area contributed by atoms with Gasteiger partial charge in [-0.1, -0.05) is 82.7 Å². The first-order chi connectivity index (χ1) is 18.5. The van der Waals surface area contributed by atoms with Crippen molar-refractivity contribution in [3.8, 4) is 0 Å². The van der Waals surface area contributed by atoms with Gasteiger partial charge in [0.05, 0.1) is 16.8 Å². The molecular weight excluding hydrogens is 560 g/mol. The number of halogens is 1. The molecule has 1 spiro atoms. The van der Waals surface area contributed by atoms with Crippen molar-refractivity contribution in [1.29, 1.82) is 0 Å². The van der Waals surface area contributed by atoms with Crippen LogP contribution in [0.3, 0.4) is 0 Å². The van der Waals surface area contributed by atoms with Crippen molar-refractivity contribution in [3.05, 3.63) is 122 Å². The van der Waals surface area contributed by atoms with Gasteiger partial charge in [-0.2, -0.15) is 0 Å². The fraction of sp³-hybridized carbons (Fsp3) is 0.129. The third-order valence-electron chi connectivity index (χ3n) is 7.97. The molecule has 3 aliphatic heterocycles. The molecule has 1 aromatic heterocycles. The second-order valence-corrected chi connectivity index (χ2v) is 11.6. The van der Waals surface area contributed by atoms with Crippen molar-refractivity contribution in [2.24, 2.45) is 5.92 Å². The van der Waals surface area contributed by atoms with Crippen molar-refractivity contribution in [2.45, 2.75) is 17.5 Å². The highest BCUT2D eigenvalue weighted by atomic mass is 79.9. The van der Waals surface area contributed by atoms with E-state index in [-0.39, 0.29) is 17.5 Å². The number of carbonyl (C=O) groups excluding carboxylic acids is 3. The summed E-state index contributed by atoms with van der Waals surface area (Å²) in [6.07, 6.45) is 3.99. The summed E-state index contributed by atoms with van der Waals surface area (Å²) >= 11 is 4.82. The van der Waals surface area contributed by atoms with Gasteiger partial charge in [-0.25, -0.2) is 0 Å². The average Bonchev–Trinajstić information content (AvgIpc) is 3.65. The highest BCUT2D eigenvalue weighted by Crippen LogP contribution is 2.58. The molecule has 3 aliphatic rings. The quantitative estimate of drug-likeness (QED) is 0.285. The van der Waals surface area contributed by atoms with Crippen molar-refractivity contribution in [3.63, 3.8) is 0 Å². The number of nitrogens with one attached hydrogen (secondary N) is 1. The van der Waals surface area contributed by atoms with Gasteiger partial charge < -0.3 is 10.2 Å². The van der Waals surface area contributed by atoms with Crippen molar-refractivity contribution in [1.82, 2.24) is 0 Å². The average molecular weight is 581 g/mol. The first-order valence-corrected chi connectivity index (χ1v) is 14.0. The van der Waals surface area contributed by atoms with Gasteiger partial charge in [-0.05, 0) is 46.8 Å². The minimum Gasteiger partial charge on any atom is -0.352 e. The molecule has 3 aromatic carbocycles. The standard InChI is InChI=1S/C31H21BrN2O3S/c32-20-14-11-19(12-15-20)27(35)29-31(21-7-2-3-8-22(21)33-30(31)37)26(28(36)25-10-5-17-38-25)24-16-13-18-6-1-4-9-23(18)34(24)29/h1-17,24,26,29H,(H,33,37)/t24-,26-,29+,31+/m1/s1. The fourth-order valence-electron chi connectivity index (χ4n) is 6.48. The molecule has 0 aliphatic carbocycles. The van der Waals surface area contributed by atoms with Gasteiger partial charge in [0, 0.05) is 21.4 Å². The predicted molar refractivity (Wildman–Crippen MR) is 153 cm³/mol. The number of hydrogen-bond acceptors (Lipinski definition) is 5. The Morgan fingerprint density at radius 1 is 0.895 bits per heavy atom. The van der Waals surface area contributed by atoms with E-state index in [2.05, 4.69) is 21.2 Å². The Kier molecular flexibility index (Phi) is 5.29. The van der Waals surface area contributed by atoms with E-state index in [1.807, 2.05) is 89.2 Å². The lowest BCUT2D eigenvalue weighted by Gasteiger charge is -2.37. The summed E-state index contributed by atoms with van der Waals surface area (Å²) < 4.78 is 0.856. The normalized spacial score (nSPS) is 24.6. The van der Waals surface area contributed by atoms with Crippen molar-refractivity contribution >= 4 is 62.2 Å². The predicted octanol–water partition coefficient (Wildman–Crippen LogP) is 6.37. The van der Waals surface area contributed by atoms with Crippen LogP contribution < -0.4 is 10.2 Å². The van der Waals surface area contributed by atoms with Gasteiger partial charge in [-0.15, -0.1) is 11.3 Å². The van der Waals surface area contributed by atoms with Gasteiger partial charge in [0.2, 0.25) is 5.91 Å². The van der Waals surface area contributed by atoms with Crippen LogP contribution >= 0.6 is 27.3 Å². The number of benzene rings is 3. The largest absolute Gasteiger partial charge is 0.352 e. The molecule has 4 heterocycles. The zero-order valence-electron chi connectivity index (χ0n) is 20.0. The second-order valence-electron chi connectivity index (χ2n) is 9.78. The molecule has 5 nitrogen and oxygen atoms in total. The van der Waals surface area contributed by atoms with E-state index in [9.17, 15) is 14.4 Å². The molecule has 0 saturated carbocycles. The summed E-state index contributed by atoms with van der Waals surface area (Å²) in [7, 11) is 0. The third kappa shape index (κ3) is 3.12. The van der Waals surface area contributed by atoms with Crippen molar-refractivity contribution in [2.75, 3.05) is 10.2 Å². The Morgan fingerprint density at radius 3 is 2.45 bits per heavy atom. The minimum atomic E-state index is -1.42. The maximum Gasteiger partial charge on any atom is 0.238 e. The first-order valence-electron chi connectivity index (χ1n) is 12.4. The number of para-hydroxylation sites is 2. The number of nitrogens with zero attached hydrogens (tertiary/aromatic N) is 1. The van der Waals surface area contributed by atoms with E-state index < -0.39 is 23.4 Å². The van der Waals surface area contributed by atoms with Gasteiger partial charge in [0.15, 0.2) is 11.6 Å². The minimum absolute atomic E-state index is 0.128. The third-order valence-corrected chi connectivity index (χ3v) is 9.38. The number of fused-ring (bicyclic) bond motifs is 5. The number of Topliss-reactive ketones (excluding diaryl/α,β-unsaturated/α-hetero) is 2. The highest BCUT2D eigenvalue weighted by molar-refractivity contribution is 9.10. The molecule has 38 heavy (non-hydrogen) atoms. The van der Waals surface area contributed by atoms with E-state index >= 15 is 0 Å². The second kappa shape index (κ2) is 8.61. The molecule has 7 rings (SSSR count). The molecule has 1 saturated heterocycles. The van der Waals surface area contributed by atoms with Gasteiger partial charge in [0.1, 0.15) is 11.5 Å². The molecule has 4 aromatic rings. The lowest BCUT2D eigenvalue weighted by Crippen LogP contribution is -2.55. The van der Waals surface area contributed by atoms with Gasteiger partial charge in [-0.3, -0.25) is 14.4 Å². The van der Waals surface area contributed by atoms with Crippen LogP contribution in [0.4, 0.5) is 11.4 Å². The molecular formula is C31H21BrN2O3S. The van der Waals surface area contributed by atoms with E-state index in [1.165, 1.54) is 11.3 Å². The van der Waals surface area contributed by atoms with Crippen LogP contribution in [0.25, 0.3) is 6.08 Å². The Hall–Kier alpha value is -3.81. The number of ketones is 2. The molecule has 0 unspecified atom stereocenters. The van der Waals surface area contributed by atoms with Crippen LogP contribution in [0.2, 0.25) is 0 Å². The number of carbonyl (C=O) groups is 3. The van der Waals surface area contributed by atoms with Crippen LogP contribution in [-0.2, 0) is 10.2 Å². The number of thiophene rings is 1. The molecule has 0 radical (unpaired) electrons. The SMILES string of the molecule is O=C(c1ccc(Br)cc1)[C@@H]1N2c3ccccc3C=C[C@@H]2[C@H](C(=O)c2cccs2)[C@]12C(=O)Nc1ccccc12. The Balaban J connectivity index is 1.55. The Bertz CT molecular complexity index is 1650. The fourth-order valence-corrected chi connectivity index (χ4v) is 7.45. The molecule has 186 valence electrons. The molecule has 4 atom stereocenters. The molecule has 1 amide bonds. The van der Waals surface area contributed by atoms with Crippen LogP contribution in [0.5, 0.6) is 0 Å². The summed E-state index contributed by atoms with van der Waals surface area (Å²) in [6, 6.07) is 24.7. The van der Waals surface area contributed by atoms with Gasteiger partial charge in [0.25, 0.3) is 0 Å². The van der Waals surface area contributed by atoms with E-state index in [0.29, 0.717) is 21.7 Å². The Labute approximate surface area is 231 Å². The molecule has 0 bridgehead atoms. The number of amides is 1. The summed E-state index contributed by atoms with van der Waals surface area (Å²) in [6.45, 7) is 0. The molecule has 1 N–H and O–H groups in total. The lowest BCUT2D eigenvalue weighted by atomic mass is 9.64. The number of anilines is 2. The maximum atomic E-state index is 14.6. The number of hydrogen-bond donors (Lipinski definition) is 1. The summed E-state index contributed by atoms with van der Waals surface area (Å²) in [4.78, 5) is 45.9. The van der Waals surface area contributed by atoms with E-state index in [1.54, 1.807) is 18.2 Å².